The molecular formula is C25H51NO4SSi. The van der Waals surface area contributed by atoms with E-state index in [-0.39, 0.29) is 0 Å². The van der Waals surface area contributed by atoms with E-state index in [1.807, 2.05) is 6.92 Å². The molecule has 1 N–H and O–H groups in total. The molecule has 0 aromatic carbocycles. The summed E-state index contributed by atoms with van der Waals surface area (Å²) in [6, 6.07) is 0.770. The minimum absolute atomic E-state index is 0.330. The van der Waals surface area contributed by atoms with Crippen molar-refractivity contribution in [3.05, 3.63) is 0 Å². The molecule has 5 nitrogen and oxygen atoms in total. The molecule has 0 aromatic heterocycles. The van der Waals surface area contributed by atoms with Crippen LogP contribution in [0.3, 0.4) is 0 Å². The first-order valence-corrected chi connectivity index (χ1v) is 16.4. The normalized spacial score (nSPS) is 21.9. The molecule has 32 heavy (non-hydrogen) atoms. The van der Waals surface area contributed by atoms with E-state index in [0.717, 1.165) is 37.6 Å². The van der Waals surface area contributed by atoms with Crippen LogP contribution in [0, 0.1) is 5.92 Å². The molecule has 0 spiro atoms. The van der Waals surface area contributed by atoms with Crippen molar-refractivity contribution >= 4 is 25.7 Å². The number of hydrogen-bond acceptors (Lipinski definition) is 6. The van der Waals surface area contributed by atoms with Crippen LogP contribution in [0.25, 0.3) is 0 Å². The number of thioether (sulfide) groups is 1. The third kappa shape index (κ3) is 15.1. The summed E-state index contributed by atoms with van der Waals surface area (Å²) in [5, 5.41) is 0.330. The Morgan fingerprint density at radius 2 is 1.66 bits per heavy atom. The Kier molecular flexibility index (Phi) is 19.2. The lowest BCUT2D eigenvalue weighted by Gasteiger charge is -2.33. The zero-order chi connectivity index (χ0) is 23.3. The van der Waals surface area contributed by atoms with Crippen molar-refractivity contribution in [3.63, 3.8) is 0 Å². The fourth-order valence-electron chi connectivity index (χ4n) is 4.13. The number of rotatable bonds is 19. The van der Waals surface area contributed by atoms with Crippen LogP contribution >= 0.6 is 11.8 Å². The van der Waals surface area contributed by atoms with Crippen LogP contribution < -0.4 is 5.48 Å². The molecule has 0 bridgehead atoms. The largest absolute Gasteiger partial charge is 0.517 e. The second-order valence-corrected chi connectivity index (χ2v) is 12.9. The van der Waals surface area contributed by atoms with Gasteiger partial charge in [0.05, 0.1) is 0 Å². The zero-order valence-electron chi connectivity index (χ0n) is 21.3. The van der Waals surface area contributed by atoms with Crippen molar-refractivity contribution in [1.29, 1.82) is 0 Å². The summed E-state index contributed by atoms with van der Waals surface area (Å²) in [7, 11) is -2.69. The molecule has 1 aliphatic heterocycles. The summed E-state index contributed by atoms with van der Waals surface area (Å²) < 4.78 is 18.2. The number of carbonyl (C=O) groups excluding carboxylic acids is 1. The van der Waals surface area contributed by atoms with Gasteiger partial charge in [0.2, 0.25) is 0 Å². The Labute approximate surface area is 203 Å². The standard InChI is InChI=1S/C25H51NO4SSi/c1-4-7-9-10-11-12-13-14-15-18-25(27)31-21-16-22-32(28-6-3)29-20-19-24(17-8-5-2)23-26-30-32/h24,26H,4-23H2,1-3H3. The molecule has 1 saturated heterocycles. The number of nitrogens with one attached hydrogen (secondary N) is 1. The van der Waals surface area contributed by atoms with Gasteiger partial charge in [0.15, 0.2) is 5.12 Å². The molecule has 0 aliphatic carbocycles. The highest BCUT2D eigenvalue weighted by atomic mass is 32.2. The Bertz CT molecular complexity index is 446. The van der Waals surface area contributed by atoms with Crippen LogP contribution in [0.15, 0.2) is 0 Å². The molecule has 0 amide bonds. The Hall–Kier alpha value is 0.0769. The molecule has 2 atom stereocenters. The minimum atomic E-state index is -2.69. The summed E-state index contributed by atoms with van der Waals surface area (Å²) in [5.74, 6) is 1.43. The first-order chi connectivity index (χ1) is 15.7. The van der Waals surface area contributed by atoms with Crippen LogP contribution in [0.2, 0.25) is 6.04 Å². The average Bonchev–Trinajstić information content (AvgIpc) is 2.77. The summed E-state index contributed by atoms with van der Waals surface area (Å²) in [6.07, 6.45) is 18.0. The van der Waals surface area contributed by atoms with Gasteiger partial charge in [-0.15, -0.1) is 0 Å². The Morgan fingerprint density at radius 1 is 0.969 bits per heavy atom. The SMILES string of the molecule is CCCCCCCCCCCC(=O)SCCC[Si]1(OCC)OCCC(CCCC)CNO1. The lowest BCUT2D eigenvalue weighted by atomic mass is 9.99. The van der Waals surface area contributed by atoms with Gasteiger partial charge in [-0.2, -0.15) is 0 Å². The first-order valence-electron chi connectivity index (χ1n) is 13.5. The molecule has 1 rings (SSSR count). The fourth-order valence-corrected chi connectivity index (χ4v) is 7.57. The number of hydrogen-bond donors (Lipinski definition) is 1. The van der Waals surface area contributed by atoms with Gasteiger partial charge in [-0.3, -0.25) is 9.32 Å². The van der Waals surface area contributed by atoms with Gasteiger partial charge < -0.3 is 8.85 Å². The molecule has 1 fully saturated rings. The van der Waals surface area contributed by atoms with Gasteiger partial charge in [0.1, 0.15) is 0 Å². The second kappa shape index (κ2) is 20.5. The van der Waals surface area contributed by atoms with Gasteiger partial charge in [0, 0.05) is 38.0 Å². The third-order valence-corrected chi connectivity index (χ3v) is 9.97. The molecule has 0 aromatic rings. The smallest absolute Gasteiger partial charge is 0.373 e. The van der Waals surface area contributed by atoms with E-state index < -0.39 is 8.80 Å². The Balaban J connectivity index is 2.14. The average molecular weight is 490 g/mol. The van der Waals surface area contributed by atoms with E-state index in [2.05, 4.69) is 19.3 Å². The molecule has 190 valence electrons. The molecule has 0 saturated carbocycles. The van der Waals surface area contributed by atoms with Crippen LogP contribution in [0.1, 0.15) is 117 Å². The second-order valence-electron chi connectivity index (χ2n) is 9.11. The maximum atomic E-state index is 12.2. The van der Waals surface area contributed by atoms with E-state index in [9.17, 15) is 4.79 Å². The van der Waals surface area contributed by atoms with Crippen LogP contribution in [-0.4, -0.2) is 39.4 Å². The Morgan fingerprint density at radius 3 is 2.34 bits per heavy atom. The van der Waals surface area contributed by atoms with Crippen LogP contribution in [0.5, 0.6) is 0 Å². The fraction of sp³-hybridized carbons (Fsp3) is 0.960. The maximum absolute atomic E-state index is 12.2. The summed E-state index contributed by atoms with van der Waals surface area (Å²) in [4.78, 5) is 12.2. The molecule has 2 unspecified atom stereocenters. The number of carbonyl (C=O) groups is 1. The predicted octanol–water partition coefficient (Wildman–Crippen LogP) is 7.28. The summed E-state index contributed by atoms with van der Waals surface area (Å²) >= 11 is 1.47. The van der Waals surface area contributed by atoms with E-state index in [4.69, 9.17) is 13.4 Å². The van der Waals surface area contributed by atoms with Crippen LogP contribution in [-0.2, 0) is 18.2 Å². The maximum Gasteiger partial charge on any atom is 0.517 e. The number of hydroxylamine groups is 1. The van der Waals surface area contributed by atoms with Crippen molar-refractivity contribution in [3.8, 4) is 0 Å². The molecule has 1 aliphatic rings. The van der Waals surface area contributed by atoms with E-state index in [1.54, 1.807) is 0 Å². The van der Waals surface area contributed by atoms with Crippen molar-refractivity contribution in [2.45, 2.75) is 123 Å². The van der Waals surface area contributed by atoms with Crippen molar-refractivity contribution in [2.24, 2.45) is 5.92 Å². The molecular weight excluding hydrogens is 438 g/mol. The number of unbranched alkanes of at least 4 members (excludes halogenated alkanes) is 9. The highest BCUT2D eigenvalue weighted by Crippen LogP contribution is 2.24. The lowest BCUT2D eigenvalue weighted by molar-refractivity contribution is -0.111. The molecule has 1 heterocycles. The predicted molar refractivity (Wildman–Crippen MR) is 139 cm³/mol. The van der Waals surface area contributed by atoms with E-state index >= 15 is 0 Å². The van der Waals surface area contributed by atoms with Crippen molar-refractivity contribution in [2.75, 3.05) is 25.5 Å². The van der Waals surface area contributed by atoms with Crippen LogP contribution in [0.4, 0.5) is 0 Å². The third-order valence-electron chi connectivity index (χ3n) is 6.15. The van der Waals surface area contributed by atoms with Crippen molar-refractivity contribution < 1.29 is 18.2 Å². The quantitative estimate of drug-likeness (QED) is 0.152. The van der Waals surface area contributed by atoms with Gasteiger partial charge in [-0.25, -0.2) is 5.48 Å². The summed E-state index contributed by atoms with van der Waals surface area (Å²) in [6.45, 7) is 8.67. The van der Waals surface area contributed by atoms with Gasteiger partial charge in [-0.1, -0.05) is 89.8 Å². The van der Waals surface area contributed by atoms with E-state index in [1.165, 1.54) is 82.4 Å². The highest BCUT2D eigenvalue weighted by molar-refractivity contribution is 8.13. The van der Waals surface area contributed by atoms with E-state index in [0.29, 0.717) is 30.7 Å². The minimum Gasteiger partial charge on any atom is -0.373 e. The molecule has 7 heteroatoms. The van der Waals surface area contributed by atoms with Gasteiger partial charge >= 0.3 is 8.80 Å². The monoisotopic (exact) mass is 489 g/mol. The first kappa shape index (κ1) is 30.1. The highest BCUT2D eigenvalue weighted by Gasteiger charge is 2.42. The van der Waals surface area contributed by atoms with Gasteiger partial charge in [-0.05, 0) is 38.5 Å². The molecule has 0 radical (unpaired) electrons. The zero-order valence-corrected chi connectivity index (χ0v) is 23.1. The van der Waals surface area contributed by atoms with Gasteiger partial charge in [0.25, 0.3) is 0 Å². The topological polar surface area (TPSA) is 56.8 Å². The van der Waals surface area contributed by atoms with Crippen molar-refractivity contribution in [1.82, 2.24) is 5.48 Å². The lowest BCUT2D eigenvalue weighted by Crippen LogP contribution is -2.52. The summed E-state index contributed by atoms with van der Waals surface area (Å²) in [5.41, 5.74) is 3.17.